The van der Waals surface area contributed by atoms with E-state index in [4.69, 9.17) is 4.74 Å². The Balaban J connectivity index is 2.25. The summed E-state index contributed by atoms with van der Waals surface area (Å²) in [6.45, 7) is 7.16. The molecule has 0 aliphatic carbocycles. The molecule has 6 heteroatoms. The second kappa shape index (κ2) is 8.89. The van der Waals surface area contributed by atoms with E-state index in [9.17, 15) is 4.79 Å². The molecule has 0 bridgehead atoms. The van der Waals surface area contributed by atoms with Gasteiger partial charge in [-0.15, -0.1) is 0 Å². The minimum absolute atomic E-state index is 0.00635. The summed E-state index contributed by atoms with van der Waals surface area (Å²) in [5, 5.41) is 3.30. The first kappa shape index (κ1) is 16.9. The number of ether oxygens (including phenoxy) is 1. The van der Waals surface area contributed by atoms with Gasteiger partial charge in [0.25, 0.3) is 5.56 Å². The van der Waals surface area contributed by atoms with Gasteiger partial charge in [0.2, 0.25) is 0 Å². The van der Waals surface area contributed by atoms with Crippen molar-refractivity contribution >= 4 is 31.9 Å². The van der Waals surface area contributed by atoms with E-state index in [2.05, 4.69) is 37.2 Å². The minimum atomic E-state index is -0.00635. The SMILES string of the molecule is CC(C)OCCCNCCn1cc(Br)cc(Br)c1=O. The van der Waals surface area contributed by atoms with Crippen LogP contribution in [-0.4, -0.2) is 30.4 Å². The highest BCUT2D eigenvalue weighted by molar-refractivity contribution is 9.11. The van der Waals surface area contributed by atoms with E-state index >= 15 is 0 Å². The Bertz CT molecular complexity index is 447. The lowest BCUT2D eigenvalue weighted by Gasteiger charge is -2.10. The molecule has 0 saturated heterocycles. The van der Waals surface area contributed by atoms with E-state index in [1.54, 1.807) is 16.8 Å². The largest absolute Gasteiger partial charge is 0.379 e. The van der Waals surface area contributed by atoms with Gasteiger partial charge >= 0.3 is 0 Å². The number of rotatable bonds is 8. The van der Waals surface area contributed by atoms with Gasteiger partial charge in [-0.25, -0.2) is 0 Å². The third-order valence-electron chi connectivity index (χ3n) is 2.49. The molecule has 1 N–H and O–H groups in total. The van der Waals surface area contributed by atoms with E-state index in [1.165, 1.54) is 0 Å². The van der Waals surface area contributed by atoms with Crippen LogP contribution in [0.25, 0.3) is 0 Å². The van der Waals surface area contributed by atoms with Crippen molar-refractivity contribution in [3.63, 3.8) is 0 Å². The van der Waals surface area contributed by atoms with Gasteiger partial charge in [0.15, 0.2) is 0 Å². The monoisotopic (exact) mass is 394 g/mol. The fraction of sp³-hybridized carbons (Fsp3) is 0.615. The molecule has 1 aromatic heterocycles. The second-order valence-electron chi connectivity index (χ2n) is 4.53. The predicted molar refractivity (Wildman–Crippen MR) is 84.7 cm³/mol. The highest BCUT2D eigenvalue weighted by Crippen LogP contribution is 2.12. The van der Waals surface area contributed by atoms with E-state index in [0.29, 0.717) is 11.0 Å². The zero-order valence-electron chi connectivity index (χ0n) is 11.3. The highest BCUT2D eigenvalue weighted by atomic mass is 79.9. The third-order valence-corrected chi connectivity index (χ3v) is 3.49. The lowest BCUT2D eigenvalue weighted by molar-refractivity contribution is 0.0771. The summed E-state index contributed by atoms with van der Waals surface area (Å²) in [6, 6.07) is 1.76. The molecule has 1 rings (SSSR count). The molecule has 0 aromatic carbocycles. The van der Waals surface area contributed by atoms with Crippen molar-refractivity contribution in [1.29, 1.82) is 0 Å². The Morgan fingerprint density at radius 3 is 2.79 bits per heavy atom. The molecule has 0 fully saturated rings. The van der Waals surface area contributed by atoms with Gasteiger partial charge in [-0.1, -0.05) is 0 Å². The van der Waals surface area contributed by atoms with Crippen molar-refractivity contribution < 1.29 is 4.74 Å². The molecule has 0 radical (unpaired) electrons. The molecule has 108 valence electrons. The first-order valence-electron chi connectivity index (χ1n) is 6.38. The Morgan fingerprint density at radius 1 is 1.37 bits per heavy atom. The lowest BCUT2D eigenvalue weighted by Crippen LogP contribution is -2.28. The van der Waals surface area contributed by atoms with E-state index in [0.717, 1.165) is 30.6 Å². The molecule has 1 heterocycles. The average molecular weight is 396 g/mol. The predicted octanol–water partition coefficient (Wildman–Crippen LogP) is 2.78. The fourth-order valence-electron chi connectivity index (χ4n) is 1.57. The Hall–Kier alpha value is -0.170. The number of hydrogen-bond acceptors (Lipinski definition) is 3. The number of nitrogens with one attached hydrogen (secondary N) is 1. The zero-order chi connectivity index (χ0) is 14.3. The van der Waals surface area contributed by atoms with Gasteiger partial charge in [-0.05, 0) is 64.7 Å². The van der Waals surface area contributed by atoms with Crippen LogP contribution in [0.3, 0.4) is 0 Å². The summed E-state index contributed by atoms with van der Waals surface area (Å²) in [6.07, 6.45) is 3.07. The van der Waals surface area contributed by atoms with Crippen molar-refractivity contribution in [1.82, 2.24) is 9.88 Å². The Morgan fingerprint density at radius 2 is 2.11 bits per heavy atom. The maximum absolute atomic E-state index is 11.8. The molecule has 0 atom stereocenters. The molecule has 0 aliphatic rings. The van der Waals surface area contributed by atoms with Crippen molar-refractivity contribution in [2.45, 2.75) is 32.9 Å². The van der Waals surface area contributed by atoms with Gasteiger partial charge in [-0.2, -0.15) is 0 Å². The van der Waals surface area contributed by atoms with Crippen LogP contribution in [0.5, 0.6) is 0 Å². The lowest BCUT2D eigenvalue weighted by atomic mass is 10.4. The molecule has 1 aromatic rings. The molecule has 0 aliphatic heterocycles. The van der Waals surface area contributed by atoms with E-state index < -0.39 is 0 Å². The zero-order valence-corrected chi connectivity index (χ0v) is 14.5. The van der Waals surface area contributed by atoms with Crippen molar-refractivity contribution in [3.8, 4) is 0 Å². The first-order chi connectivity index (χ1) is 9.00. The Labute approximate surface area is 130 Å². The molecular formula is C13H20Br2N2O2. The highest BCUT2D eigenvalue weighted by Gasteiger charge is 2.02. The topological polar surface area (TPSA) is 43.3 Å². The van der Waals surface area contributed by atoms with Gasteiger partial charge in [0.1, 0.15) is 0 Å². The maximum atomic E-state index is 11.8. The summed E-state index contributed by atoms with van der Waals surface area (Å²) in [4.78, 5) is 11.8. The van der Waals surface area contributed by atoms with E-state index in [1.807, 2.05) is 13.8 Å². The number of aromatic nitrogens is 1. The van der Waals surface area contributed by atoms with Gasteiger partial charge in [0.05, 0.1) is 10.6 Å². The van der Waals surface area contributed by atoms with Crippen molar-refractivity contribution in [3.05, 3.63) is 31.6 Å². The number of pyridine rings is 1. The van der Waals surface area contributed by atoms with Gasteiger partial charge in [0, 0.05) is 30.4 Å². The number of hydrogen-bond donors (Lipinski definition) is 1. The molecule has 0 amide bonds. The summed E-state index contributed by atoms with van der Waals surface area (Å²) < 4.78 is 8.60. The van der Waals surface area contributed by atoms with Gasteiger partial charge in [-0.3, -0.25) is 4.79 Å². The van der Waals surface area contributed by atoms with Gasteiger partial charge < -0.3 is 14.6 Å². The van der Waals surface area contributed by atoms with Crippen molar-refractivity contribution in [2.24, 2.45) is 0 Å². The molecular weight excluding hydrogens is 376 g/mol. The molecule has 0 unspecified atom stereocenters. The average Bonchev–Trinajstić information content (AvgIpc) is 2.33. The van der Waals surface area contributed by atoms with Crippen LogP contribution in [0.1, 0.15) is 20.3 Å². The quantitative estimate of drug-likeness (QED) is 0.688. The summed E-state index contributed by atoms with van der Waals surface area (Å²) in [5.41, 5.74) is -0.00635. The van der Waals surface area contributed by atoms with Crippen LogP contribution in [0.15, 0.2) is 26.0 Å². The molecule has 0 saturated carbocycles. The number of nitrogens with zero attached hydrogens (tertiary/aromatic N) is 1. The van der Waals surface area contributed by atoms with Crippen molar-refractivity contribution in [2.75, 3.05) is 19.7 Å². The summed E-state index contributed by atoms with van der Waals surface area (Å²) in [5.74, 6) is 0. The molecule has 19 heavy (non-hydrogen) atoms. The van der Waals surface area contributed by atoms with Crippen LogP contribution in [0, 0.1) is 0 Å². The van der Waals surface area contributed by atoms with Crippen LogP contribution in [0.4, 0.5) is 0 Å². The minimum Gasteiger partial charge on any atom is -0.379 e. The van der Waals surface area contributed by atoms with Crippen LogP contribution >= 0.6 is 31.9 Å². The second-order valence-corrected chi connectivity index (χ2v) is 6.30. The molecule has 4 nitrogen and oxygen atoms in total. The normalized spacial score (nSPS) is 11.2. The smallest absolute Gasteiger partial charge is 0.264 e. The van der Waals surface area contributed by atoms with E-state index in [-0.39, 0.29) is 11.7 Å². The Kier molecular flexibility index (Phi) is 7.90. The fourth-order valence-corrected chi connectivity index (χ4v) is 2.83. The third kappa shape index (κ3) is 6.70. The number of halogens is 2. The van der Waals surface area contributed by atoms with Crippen LogP contribution < -0.4 is 10.9 Å². The summed E-state index contributed by atoms with van der Waals surface area (Å²) in [7, 11) is 0. The standard InChI is InChI=1S/C13H20Br2N2O2/c1-10(2)19-7-3-4-16-5-6-17-9-11(14)8-12(15)13(17)18/h8-10,16H,3-7H2,1-2H3. The van der Waals surface area contributed by atoms with Crippen LogP contribution in [-0.2, 0) is 11.3 Å². The maximum Gasteiger partial charge on any atom is 0.264 e. The first-order valence-corrected chi connectivity index (χ1v) is 7.97. The summed E-state index contributed by atoms with van der Waals surface area (Å²) >= 11 is 6.63. The molecule has 0 spiro atoms. The van der Waals surface area contributed by atoms with Crippen LogP contribution in [0.2, 0.25) is 0 Å².